The molecule has 0 saturated heterocycles. The molecule has 1 aliphatic rings. The highest BCUT2D eigenvalue weighted by Gasteiger charge is 2.18. The molecule has 2 N–H and O–H groups in total. The number of aromatic nitrogens is 1. The molecule has 3 rings (SSSR count). The van der Waals surface area contributed by atoms with E-state index in [1.54, 1.807) is 17.6 Å². The second kappa shape index (κ2) is 5.01. The van der Waals surface area contributed by atoms with Gasteiger partial charge in [-0.3, -0.25) is 0 Å². The van der Waals surface area contributed by atoms with Crippen LogP contribution >= 0.6 is 11.3 Å². The number of hydrogen-bond acceptors (Lipinski definition) is 5. The molecular weight excluding hydrogens is 282 g/mol. The molecule has 100 valence electrons. The van der Waals surface area contributed by atoms with Crippen molar-refractivity contribution < 1.29 is 8.42 Å². The minimum atomic E-state index is -3.47. The lowest BCUT2D eigenvalue weighted by Crippen LogP contribution is -2.23. The number of sulfonamides is 1. The molecule has 0 spiro atoms. The van der Waals surface area contributed by atoms with Crippen LogP contribution in [0.2, 0.25) is 0 Å². The fraction of sp³-hybridized carbons (Fsp3) is 0.250. The van der Waals surface area contributed by atoms with Crippen molar-refractivity contribution in [3.63, 3.8) is 0 Å². The van der Waals surface area contributed by atoms with Gasteiger partial charge in [-0.05, 0) is 23.3 Å². The lowest BCUT2D eigenvalue weighted by Gasteiger charge is -2.07. The van der Waals surface area contributed by atoms with Crippen LogP contribution in [0.25, 0.3) is 0 Å². The average Bonchev–Trinajstić information content (AvgIpc) is 3.06. The molecule has 2 heterocycles. The van der Waals surface area contributed by atoms with Gasteiger partial charge in [0.2, 0.25) is 10.0 Å². The number of fused-ring (bicyclic) bond motifs is 1. The Hall–Kier alpha value is -1.28. The summed E-state index contributed by atoms with van der Waals surface area (Å²) in [7, 11) is -3.47. The zero-order valence-electron chi connectivity index (χ0n) is 10.1. The lowest BCUT2D eigenvalue weighted by atomic mass is 10.1. The van der Waals surface area contributed by atoms with Crippen LogP contribution in [-0.2, 0) is 29.7 Å². The Bertz CT molecular complexity index is 681. The zero-order valence-corrected chi connectivity index (χ0v) is 11.7. The van der Waals surface area contributed by atoms with Gasteiger partial charge in [0.05, 0.1) is 22.6 Å². The predicted molar refractivity (Wildman–Crippen MR) is 73.1 cm³/mol. The maximum absolute atomic E-state index is 12.2. The quantitative estimate of drug-likeness (QED) is 0.890. The molecule has 0 amide bonds. The van der Waals surface area contributed by atoms with Crippen molar-refractivity contribution in [3.05, 3.63) is 45.9 Å². The summed E-state index contributed by atoms with van der Waals surface area (Å²) < 4.78 is 26.9. The van der Waals surface area contributed by atoms with E-state index in [9.17, 15) is 8.42 Å². The molecule has 1 aromatic heterocycles. The summed E-state index contributed by atoms with van der Waals surface area (Å²) in [5.74, 6) is 0. The van der Waals surface area contributed by atoms with Gasteiger partial charge in [-0.1, -0.05) is 6.07 Å². The maximum Gasteiger partial charge on any atom is 0.240 e. The van der Waals surface area contributed by atoms with E-state index in [-0.39, 0.29) is 6.54 Å². The Morgan fingerprint density at radius 2 is 2.16 bits per heavy atom. The number of nitrogens with one attached hydrogen (secondary N) is 2. The van der Waals surface area contributed by atoms with Crippen LogP contribution in [0, 0.1) is 0 Å². The first kappa shape index (κ1) is 12.7. The molecule has 0 aliphatic carbocycles. The summed E-state index contributed by atoms with van der Waals surface area (Å²) in [4.78, 5) is 4.36. The van der Waals surface area contributed by atoms with Crippen molar-refractivity contribution in [2.24, 2.45) is 0 Å². The van der Waals surface area contributed by atoms with Crippen LogP contribution in [0.1, 0.15) is 16.8 Å². The fourth-order valence-corrected chi connectivity index (χ4v) is 3.62. The molecule has 0 unspecified atom stereocenters. The summed E-state index contributed by atoms with van der Waals surface area (Å²) in [6, 6.07) is 5.25. The van der Waals surface area contributed by atoms with Gasteiger partial charge in [0.1, 0.15) is 0 Å². The van der Waals surface area contributed by atoms with Crippen LogP contribution in [0.4, 0.5) is 0 Å². The molecule has 0 saturated carbocycles. The van der Waals surface area contributed by atoms with Gasteiger partial charge in [-0.15, -0.1) is 11.3 Å². The Morgan fingerprint density at radius 3 is 2.95 bits per heavy atom. The standard InChI is InChI=1S/C12H13N3O2S2/c16-19(17,15-6-11-7-18-8-14-11)12-2-1-9-4-13-5-10(9)3-12/h1-3,7-8,13,15H,4-6H2. The second-order valence-corrected chi connectivity index (χ2v) is 6.82. The molecule has 1 aromatic carbocycles. The molecule has 19 heavy (non-hydrogen) atoms. The van der Waals surface area contributed by atoms with Crippen LogP contribution < -0.4 is 10.0 Å². The Kier molecular flexibility index (Phi) is 3.36. The first-order valence-corrected chi connectivity index (χ1v) is 8.27. The van der Waals surface area contributed by atoms with Gasteiger partial charge >= 0.3 is 0 Å². The number of benzene rings is 1. The Balaban J connectivity index is 1.80. The predicted octanol–water partition coefficient (Wildman–Crippen LogP) is 1.22. The van der Waals surface area contributed by atoms with Crippen molar-refractivity contribution in [3.8, 4) is 0 Å². The molecule has 0 atom stereocenters. The van der Waals surface area contributed by atoms with Crippen LogP contribution in [0.15, 0.2) is 34.0 Å². The Labute approximate surface area is 115 Å². The second-order valence-electron chi connectivity index (χ2n) is 4.34. The monoisotopic (exact) mass is 295 g/mol. The first-order chi connectivity index (χ1) is 9.15. The summed E-state index contributed by atoms with van der Waals surface area (Å²) >= 11 is 1.45. The van der Waals surface area contributed by atoms with E-state index in [1.165, 1.54) is 16.9 Å². The first-order valence-electron chi connectivity index (χ1n) is 5.84. The van der Waals surface area contributed by atoms with Crippen LogP contribution in [-0.4, -0.2) is 13.4 Å². The highest BCUT2D eigenvalue weighted by Crippen LogP contribution is 2.20. The van der Waals surface area contributed by atoms with E-state index in [2.05, 4.69) is 15.0 Å². The topological polar surface area (TPSA) is 71.1 Å². The number of nitrogens with zero attached hydrogens (tertiary/aromatic N) is 1. The smallest absolute Gasteiger partial charge is 0.240 e. The van der Waals surface area contributed by atoms with Gasteiger partial charge < -0.3 is 5.32 Å². The molecule has 5 nitrogen and oxygen atoms in total. The van der Waals surface area contributed by atoms with Crippen molar-refractivity contribution >= 4 is 21.4 Å². The van der Waals surface area contributed by atoms with Crippen molar-refractivity contribution in [2.45, 2.75) is 24.5 Å². The van der Waals surface area contributed by atoms with Crippen LogP contribution in [0.5, 0.6) is 0 Å². The van der Waals surface area contributed by atoms with Gasteiger partial charge in [0, 0.05) is 18.5 Å². The molecule has 0 bridgehead atoms. The van der Waals surface area contributed by atoms with E-state index in [0.29, 0.717) is 4.90 Å². The average molecular weight is 295 g/mol. The number of thiazole rings is 1. The van der Waals surface area contributed by atoms with E-state index in [4.69, 9.17) is 0 Å². The van der Waals surface area contributed by atoms with E-state index < -0.39 is 10.0 Å². The van der Waals surface area contributed by atoms with Crippen molar-refractivity contribution in [1.82, 2.24) is 15.0 Å². The highest BCUT2D eigenvalue weighted by molar-refractivity contribution is 7.89. The van der Waals surface area contributed by atoms with Gasteiger partial charge in [-0.2, -0.15) is 0 Å². The molecule has 2 aromatic rings. The van der Waals surface area contributed by atoms with Gasteiger partial charge in [0.25, 0.3) is 0 Å². The third-order valence-corrected chi connectivity index (χ3v) is 5.08. The largest absolute Gasteiger partial charge is 0.309 e. The fourth-order valence-electron chi connectivity index (χ4n) is 2.02. The van der Waals surface area contributed by atoms with Gasteiger partial charge in [-0.25, -0.2) is 18.1 Å². The minimum Gasteiger partial charge on any atom is -0.309 e. The Morgan fingerprint density at radius 1 is 1.32 bits per heavy atom. The maximum atomic E-state index is 12.2. The van der Waals surface area contributed by atoms with Crippen LogP contribution in [0.3, 0.4) is 0 Å². The summed E-state index contributed by atoms with van der Waals surface area (Å²) in [6.07, 6.45) is 0. The number of hydrogen-bond donors (Lipinski definition) is 2. The molecule has 0 radical (unpaired) electrons. The molecular formula is C12H13N3O2S2. The zero-order chi connectivity index (χ0) is 13.3. The summed E-state index contributed by atoms with van der Waals surface area (Å²) in [5.41, 5.74) is 4.64. The van der Waals surface area contributed by atoms with E-state index >= 15 is 0 Å². The minimum absolute atomic E-state index is 0.223. The molecule has 7 heteroatoms. The SMILES string of the molecule is O=S(=O)(NCc1cscn1)c1ccc2c(c1)CNC2. The van der Waals surface area contributed by atoms with Gasteiger partial charge in [0.15, 0.2) is 0 Å². The third kappa shape index (κ3) is 2.69. The molecule has 0 fully saturated rings. The van der Waals surface area contributed by atoms with Crippen molar-refractivity contribution in [1.29, 1.82) is 0 Å². The van der Waals surface area contributed by atoms with E-state index in [1.807, 2.05) is 11.4 Å². The van der Waals surface area contributed by atoms with E-state index in [0.717, 1.165) is 24.3 Å². The normalized spacial score (nSPS) is 14.5. The number of rotatable bonds is 4. The highest BCUT2D eigenvalue weighted by atomic mass is 32.2. The third-order valence-electron chi connectivity index (χ3n) is 3.05. The summed E-state index contributed by atoms with van der Waals surface area (Å²) in [5, 5.41) is 5.03. The lowest BCUT2D eigenvalue weighted by molar-refractivity contribution is 0.580. The molecule has 1 aliphatic heterocycles. The summed E-state index contributed by atoms with van der Waals surface area (Å²) in [6.45, 7) is 1.76. The van der Waals surface area contributed by atoms with Crippen molar-refractivity contribution in [2.75, 3.05) is 0 Å².